The highest BCUT2D eigenvalue weighted by Gasteiger charge is 2.19. The van der Waals surface area contributed by atoms with Crippen LogP contribution in [0, 0.1) is 6.92 Å². The number of anilines is 2. The molecule has 0 radical (unpaired) electrons. The molecule has 0 saturated heterocycles. The molecule has 0 atom stereocenters. The van der Waals surface area contributed by atoms with E-state index in [4.69, 9.17) is 10.3 Å². The van der Waals surface area contributed by atoms with Crippen molar-refractivity contribution in [2.75, 3.05) is 10.7 Å². The second-order valence-electron chi connectivity index (χ2n) is 5.57. The SMILES string of the molecule is Cc1cnc(CNc2cc(NN)nc(C(C)(C)C)n2)o1. The topological polar surface area (TPSA) is 102 Å². The molecule has 2 heterocycles. The van der Waals surface area contributed by atoms with Gasteiger partial charge in [0, 0.05) is 11.5 Å². The molecule has 108 valence electrons. The number of aryl methyl sites for hydroxylation is 1. The van der Waals surface area contributed by atoms with Crippen molar-refractivity contribution in [1.82, 2.24) is 15.0 Å². The van der Waals surface area contributed by atoms with Gasteiger partial charge in [-0.05, 0) is 6.92 Å². The maximum atomic E-state index is 5.44. The van der Waals surface area contributed by atoms with E-state index in [2.05, 4.69) is 25.7 Å². The number of oxazole rings is 1. The maximum absolute atomic E-state index is 5.44. The summed E-state index contributed by atoms with van der Waals surface area (Å²) in [5, 5.41) is 3.16. The molecule has 7 nitrogen and oxygen atoms in total. The predicted molar refractivity (Wildman–Crippen MR) is 77.1 cm³/mol. The van der Waals surface area contributed by atoms with Crippen molar-refractivity contribution < 1.29 is 4.42 Å². The summed E-state index contributed by atoms with van der Waals surface area (Å²) in [6.45, 7) is 8.45. The van der Waals surface area contributed by atoms with Gasteiger partial charge < -0.3 is 15.2 Å². The Balaban J connectivity index is 2.18. The molecule has 0 aliphatic rings. The number of nitrogens with one attached hydrogen (secondary N) is 2. The molecule has 2 aromatic rings. The van der Waals surface area contributed by atoms with Gasteiger partial charge in [0.25, 0.3) is 0 Å². The first-order chi connectivity index (χ1) is 9.38. The Morgan fingerprint density at radius 2 is 1.95 bits per heavy atom. The average molecular weight is 276 g/mol. The van der Waals surface area contributed by atoms with Crippen molar-refractivity contribution in [2.24, 2.45) is 5.84 Å². The molecule has 0 amide bonds. The van der Waals surface area contributed by atoms with Crippen LogP contribution in [-0.2, 0) is 12.0 Å². The highest BCUT2D eigenvalue weighted by atomic mass is 16.4. The smallest absolute Gasteiger partial charge is 0.213 e. The summed E-state index contributed by atoms with van der Waals surface area (Å²) in [4.78, 5) is 13.0. The van der Waals surface area contributed by atoms with Crippen molar-refractivity contribution in [3.63, 3.8) is 0 Å². The van der Waals surface area contributed by atoms with Crippen LogP contribution in [0.1, 0.15) is 38.2 Å². The summed E-state index contributed by atoms with van der Waals surface area (Å²) in [6.07, 6.45) is 1.68. The molecule has 0 aromatic carbocycles. The number of nitrogens with two attached hydrogens (primary N) is 1. The first-order valence-electron chi connectivity index (χ1n) is 6.40. The van der Waals surface area contributed by atoms with Crippen LogP contribution in [0.25, 0.3) is 0 Å². The molecule has 0 spiro atoms. The summed E-state index contributed by atoms with van der Waals surface area (Å²) in [5.41, 5.74) is 2.39. The Morgan fingerprint density at radius 3 is 2.50 bits per heavy atom. The van der Waals surface area contributed by atoms with Gasteiger partial charge in [-0.2, -0.15) is 0 Å². The first-order valence-corrected chi connectivity index (χ1v) is 6.40. The lowest BCUT2D eigenvalue weighted by molar-refractivity contribution is 0.478. The van der Waals surface area contributed by atoms with E-state index < -0.39 is 0 Å². The van der Waals surface area contributed by atoms with Gasteiger partial charge in [-0.1, -0.05) is 20.8 Å². The fourth-order valence-corrected chi connectivity index (χ4v) is 1.60. The normalized spacial score (nSPS) is 11.4. The van der Waals surface area contributed by atoms with E-state index in [-0.39, 0.29) is 5.41 Å². The van der Waals surface area contributed by atoms with Gasteiger partial charge in [0.1, 0.15) is 23.2 Å². The first kappa shape index (κ1) is 14.3. The molecule has 20 heavy (non-hydrogen) atoms. The van der Waals surface area contributed by atoms with E-state index in [9.17, 15) is 0 Å². The third-order valence-corrected chi connectivity index (χ3v) is 2.63. The van der Waals surface area contributed by atoms with Crippen LogP contribution >= 0.6 is 0 Å². The second-order valence-corrected chi connectivity index (χ2v) is 5.57. The molecular formula is C13H20N6O. The Kier molecular flexibility index (Phi) is 3.89. The maximum Gasteiger partial charge on any atom is 0.213 e. The van der Waals surface area contributed by atoms with Gasteiger partial charge >= 0.3 is 0 Å². The Hall–Kier alpha value is -2.15. The standard InChI is InChI=1S/C13H20N6O/c1-8-6-16-11(20-8)7-15-9-5-10(19-14)18-12(17-9)13(2,3)4/h5-6H,7,14H2,1-4H3,(H2,15,17,18,19). The van der Waals surface area contributed by atoms with Gasteiger partial charge in [0.05, 0.1) is 12.7 Å². The van der Waals surface area contributed by atoms with Gasteiger partial charge in [-0.15, -0.1) is 0 Å². The molecule has 4 N–H and O–H groups in total. The number of nitrogen functional groups attached to an aromatic ring is 1. The molecule has 2 rings (SSSR count). The van der Waals surface area contributed by atoms with Crippen LogP contribution in [0.3, 0.4) is 0 Å². The van der Waals surface area contributed by atoms with Crippen LogP contribution in [0.15, 0.2) is 16.7 Å². The van der Waals surface area contributed by atoms with Gasteiger partial charge in [0.15, 0.2) is 0 Å². The molecule has 0 fully saturated rings. The Labute approximate surface area is 118 Å². The lowest BCUT2D eigenvalue weighted by Crippen LogP contribution is -2.20. The minimum atomic E-state index is -0.164. The molecule has 0 saturated carbocycles. The fraction of sp³-hybridized carbons (Fsp3) is 0.462. The highest BCUT2D eigenvalue weighted by molar-refractivity contribution is 5.47. The van der Waals surface area contributed by atoms with E-state index in [1.807, 2.05) is 27.7 Å². The average Bonchev–Trinajstić information content (AvgIpc) is 2.81. The van der Waals surface area contributed by atoms with Crippen molar-refractivity contribution >= 4 is 11.6 Å². The highest BCUT2D eigenvalue weighted by Crippen LogP contribution is 2.22. The summed E-state index contributed by atoms with van der Waals surface area (Å²) in [7, 11) is 0. The van der Waals surface area contributed by atoms with Crippen LogP contribution in [0.2, 0.25) is 0 Å². The van der Waals surface area contributed by atoms with Crippen LogP contribution in [0.4, 0.5) is 11.6 Å². The Bertz CT molecular complexity index is 587. The number of rotatable bonds is 4. The summed E-state index contributed by atoms with van der Waals surface area (Å²) >= 11 is 0. The third kappa shape index (κ3) is 3.45. The van der Waals surface area contributed by atoms with E-state index in [0.717, 1.165) is 5.76 Å². The molecule has 0 unspecified atom stereocenters. The second kappa shape index (κ2) is 5.46. The molecular weight excluding hydrogens is 256 g/mol. The summed E-state index contributed by atoms with van der Waals surface area (Å²) in [5.74, 6) is 8.78. The molecule has 7 heteroatoms. The number of nitrogens with zero attached hydrogens (tertiary/aromatic N) is 3. The quantitative estimate of drug-likeness (QED) is 0.579. The lowest BCUT2D eigenvalue weighted by atomic mass is 9.96. The zero-order valence-corrected chi connectivity index (χ0v) is 12.2. The van der Waals surface area contributed by atoms with E-state index in [1.54, 1.807) is 12.3 Å². The summed E-state index contributed by atoms with van der Waals surface area (Å²) < 4.78 is 5.40. The van der Waals surface area contributed by atoms with Crippen LogP contribution in [-0.4, -0.2) is 15.0 Å². The third-order valence-electron chi connectivity index (χ3n) is 2.63. The van der Waals surface area contributed by atoms with E-state index >= 15 is 0 Å². The van der Waals surface area contributed by atoms with Gasteiger partial charge in [0.2, 0.25) is 5.89 Å². The van der Waals surface area contributed by atoms with Crippen molar-refractivity contribution in [3.8, 4) is 0 Å². The fourth-order valence-electron chi connectivity index (χ4n) is 1.60. The Morgan fingerprint density at radius 1 is 1.25 bits per heavy atom. The molecule has 0 bridgehead atoms. The largest absolute Gasteiger partial charge is 0.444 e. The van der Waals surface area contributed by atoms with E-state index in [0.29, 0.717) is 29.9 Å². The molecule has 0 aliphatic heterocycles. The van der Waals surface area contributed by atoms with Crippen molar-refractivity contribution in [1.29, 1.82) is 0 Å². The minimum absolute atomic E-state index is 0.164. The zero-order valence-electron chi connectivity index (χ0n) is 12.2. The number of aromatic nitrogens is 3. The van der Waals surface area contributed by atoms with Crippen molar-refractivity contribution in [3.05, 3.63) is 29.7 Å². The summed E-state index contributed by atoms with van der Waals surface area (Å²) in [6, 6.07) is 1.74. The van der Waals surface area contributed by atoms with Gasteiger partial charge in [-0.3, -0.25) is 0 Å². The number of hydrogen-bond acceptors (Lipinski definition) is 7. The lowest BCUT2D eigenvalue weighted by Gasteiger charge is -2.18. The zero-order chi connectivity index (χ0) is 14.8. The molecule has 0 aliphatic carbocycles. The number of hydrazine groups is 1. The monoisotopic (exact) mass is 276 g/mol. The van der Waals surface area contributed by atoms with Crippen molar-refractivity contribution in [2.45, 2.75) is 39.7 Å². The van der Waals surface area contributed by atoms with E-state index in [1.165, 1.54) is 0 Å². The van der Waals surface area contributed by atoms with Crippen LogP contribution < -0.4 is 16.6 Å². The minimum Gasteiger partial charge on any atom is -0.444 e. The van der Waals surface area contributed by atoms with Crippen LogP contribution in [0.5, 0.6) is 0 Å². The molecule has 2 aromatic heterocycles. The number of hydrogen-bond donors (Lipinski definition) is 3. The van der Waals surface area contributed by atoms with Gasteiger partial charge in [-0.25, -0.2) is 20.8 Å². The predicted octanol–water partition coefficient (Wildman–Crippen LogP) is 1.97.